The fraction of sp³-hybridized carbons (Fsp3) is 0.167. The lowest BCUT2D eigenvalue weighted by Crippen LogP contribution is -2.14. The van der Waals surface area contributed by atoms with Crippen LogP contribution >= 0.6 is 23.1 Å². The third-order valence-corrected chi connectivity index (χ3v) is 7.27. The molecule has 10 heteroatoms. The molecule has 0 saturated heterocycles. The number of sulfonamides is 1. The van der Waals surface area contributed by atoms with Crippen LogP contribution in [0.5, 0.6) is 0 Å². The standard InChI is InChI=1S/C18H17N3O4S3/c1-12-8-9-14(10-15(12)16(22)25-2)28(23,24)21-17-19-20-18(27-17)26-11-13-6-4-3-5-7-13/h3-10H,11H2,1-2H3,(H,19,21). The van der Waals surface area contributed by atoms with Crippen LogP contribution in [0.2, 0.25) is 0 Å². The van der Waals surface area contributed by atoms with E-state index in [4.69, 9.17) is 4.74 Å². The molecule has 0 aliphatic carbocycles. The van der Waals surface area contributed by atoms with Crippen molar-refractivity contribution in [1.29, 1.82) is 0 Å². The van der Waals surface area contributed by atoms with Gasteiger partial charge in [-0.25, -0.2) is 13.2 Å². The highest BCUT2D eigenvalue weighted by Gasteiger charge is 2.20. The van der Waals surface area contributed by atoms with Gasteiger partial charge in [0.25, 0.3) is 10.0 Å². The molecule has 0 fully saturated rings. The van der Waals surface area contributed by atoms with Gasteiger partial charge in [-0.15, -0.1) is 10.2 Å². The Bertz CT molecular complexity index is 1080. The van der Waals surface area contributed by atoms with Gasteiger partial charge < -0.3 is 4.74 Å². The Balaban J connectivity index is 1.73. The third kappa shape index (κ3) is 4.89. The molecule has 0 amide bonds. The Labute approximate surface area is 171 Å². The van der Waals surface area contributed by atoms with Crippen molar-refractivity contribution < 1.29 is 17.9 Å². The van der Waals surface area contributed by atoms with Crippen LogP contribution in [-0.2, 0) is 20.5 Å². The molecule has 28 heavy (non-hydrogen) atoms. The van der Waals surface area contributed by atoms with E-state index in [0.29, 0.717) is 15.7 Å². The Hall–Kier alpha value is -2.43. The first-order valence-electron chi connectivity index (χ1n) is 8.11. The molecule has 0 unspecified atom stereocenters. The minimum atomic E-state index is -3.91. The number of carbonyl (C=O) groups excluding carboxylic acids is 1. The highest BCUT2D eigenvalue weighted by atomic mass is 32.2. The van der Waals surface area contributed by atoms with Crippen molar-refractivity contribution in [3.05, 3.63) is 65.2 Å². The van der Waals surface area contributed by atoms with Crippen LogP contribution in [0, 0.1) is 6.92 Å². The summed E-state index contributed by atoms with van der Waals surface area (Å²) in [5, 5.41) is 8.07. The predicted octanol–water partition coefficient (Wildman–Crippen LogP) is 3.73. The molecule has 0 saturated carbocycles. The fourth-order valence-electron chi connectivity index (χ4n) is 2.30. The molecule has 0 aliphatic rings. The van der Waals surface area contributed by atoms with E-state index in [-0.39, 0.29) is 15.6 Å². The Kier molecular flexibility index (Phi) is 6.32. The number of nitrogens with one attached hydrogen (secondary N) is 1. The minimum Gasteiger partial charge on any atom is -0.465 e. The number of aromatic nitrogens is 2. The number of methoxy groups -OCH3 is 1. The van der Waals surface area contributed by atoms with E-state index in [1.165, 1.54) is 31.0 Å². The molecule has 0 atom stereocenters. The fourth-order valence-corrected chi connectivity index (χ4v) is 5.26. The first-order chi connectivity index (χ1) is 13.4. The lowest BCUT2D eigenvalue weighted by atomic mass is 10.1. The second-order valence-electron chi connectivity index (χ2n) is 5.72. The molecule has 3 aromatic rings. The predicted molar refractivity (Wildman–Crippen MR) is 109 cm³/mol. The zero-order chi connectivity index (χ0) is 20.1. The maximum Gasteiger partial charge on any atom is 0.338 e. The van der Waals surface area contributed by atoms with E-state index in [1.807, 2.05) is 30.3 Å². The van der Waals surface area contributed by atoms with Gasteiger partial charge in [0.15, 0.2) is 4.34 Å². The van der Waals surface area contributed by atoms with Crippen LogP contribution in [0.4, 0.5) is 5.13 Å². The molecule has 1 aromatic heterocycles. The van der Waals surface area contributed by atoms with Gasteiger partial charge in [-0.05, 0) is 30.2 Å². The van der Waals surface area contributed by atoms with Crippen LogP contribution in [0.25, 0.3) is 0 Å². The normalized spacial score (nSPS) is 11.2. The van der Waals surface area contributed by atoms with Gasteiger partial charge in [-0.3, -0.25) is 4.72 Å². The van der Waals surface area contributed by atoms with E-state index in [1.54, 1.807) is 13.0 Å². The second-order valence-corrected chi connectivity index (χ2v) is 9.60. The quantitative estimate of drug-likeness (QED) is 0.446. The smallest absolute Gasteiger partial charge is 0.338 e. The van der Waals surface area contributed by atoms with Gasteiger partial charge in [0.05, 0.1) is 17.6 Å². The number of anilines is 1. The zero-order valence-corrected chi connectivity index (χ0v) is 17.5. The lowest BCUT2D eigenvalue weighted by molar-refractivity contribution is 0.0599. The summed E-state index contributed by atoms with van der Waals surface area (Å²) < 4.78 is 33.0. The van der Waals surface area contributed by atoms with Gasteiger partial charge in [-0.2, -0.15) is 0 Å². The summed E-state index contributed by atoms with van der Waals surface area (Å²) in [7, 11) is -2.66. The first-order valence-corrected chi connectivity index (χ1v) is 11.4. The summed E-state index contributed by atoms with van der Waals surface area (Å²) in [4.78, 5) is 11.8. The number of thioether (sulfide) groups is 1. The summed E-state index contributed by atoms with van der Waals surface area (Å²) in [6.45, 7) is 1.71. The highest BCUT2D eigenvalue weighted by molar-refractivity contribution is 8.00. The molecular formula is C18H17N3O4S3. The number of carbonyl (C=O) groups is 1. The van der Waals surface area contributed by atoms with E-state index in [9.17, 15) is 13.2 Å². The van der Waals surface area contributed by atoms with Crippen LogP contribution in [0.15, 0.2) is 57.8 Å². The molecule has 146 valence electrons. The molecule has 3 rings (SSSR count). The van der Waals surface area contributed by atoms with Crippen molar-refractivity contribution in [2.24, 2.45) is 0 Å². The van der Waals surface area contributed by atoms with Crippen LogP contribution < -0.4 is 4.72 Å². The monoisotopic (exact) mass is 435 g/mol. The Morgan fingerprint density at radius 1 is 1.18 bits per heavy atom. The van der Waals surface area contributed by atoms with E-state index in [0.717, 1.165) is 16.9 Å². The first kappa shape index (κ1) is 20.3. The Morgan fingerprint density at radius 2 is 1.93 bits per heavy atom. The van der Waals surface area contributed by atoms with Crippen molar-refractivity contribution >= 4 is 44.2 Å². The van der Waals surface area contributed by atoms with Gasteiger partial charge in [0.2, 0.25) is 5.13 Å². The van der Waals surface area contributed by atoms with E-state index >= 15 is 0 Å². The van der Waals surface area contributed by atoms with Crippen LogP contribution in [-0.4, -0.2) is 31.7 Å². The molecule has 1 N–H and O–H groups in total. The molecule has 7 nitrogen and oxygen atoms in total. The minimum absolute atomic E-state index is 0.0489. The summed E-state index contributed by atoms with van der Waals surface area (Å²) >= 11 is 2.63. The number of hydrogen-bond donors (Lipinski definition) is 1. The number of rotatable bonds is 7. The van der Waals surface area contributed by atoms with E-state index < -0.39 is 16.0 Å². The van der Waals surface area contributed by atoms with Gasteiger partial charge >= 0.3 is 5.97 Å². The van der Waals surface area contributed by atoms with Gasteiger partial charge in [0.1, 0.15) is 0 Å². The number of nitrogens with zero attached hydrogens (tertiary/aromatic N) is 2. The zero-order valence-electron chi connectivity index (χ0n) is 15.1. The van der Waals surface area contributed by atoms with Gasteiger partial charge in [-0.1, -0.05) is 59.5 Å². The molecule has 0 spiro atoms. The maximum atomic E-state index is 12.6. The number of aryl methyl sites for hydroxylation is 1. The molecule has 0 aliphatic heterocycles. The summed E-state index contributed by atoms with van der Waals surface area (Å²) in [6.07, 6.45) is 0. The SMILES string of the molecule is COC(=O)c1cc(S(=O)(=O)Nc2nnc(SCc3ccccc3)s2)ccc1C. The summed E-state index contributed by atoms with van der Waals surface area (Å²) in [5.74, 6) is 0.118. The molecule has 0 radical (unpaired) electrons. The van der Waals surface area contributed by atoms with Crippen LogP contribution in [0.1, 0.15) is 21.5 Å². The topological polar surface area (TPSA) is 98.2 Å². The van der Waals surface area contributed by atoms with Crippen molar-refractivity contribution in [1.82, 2.24) is 10.2 Å². The largest absolute Gasteiger partial charge is 0.465 e. The average Bonchev–Trinajstić information content (AvgIpc) is 3.13. The number of hydrogen-bond acceptors (Lipinski definition) is 8. The molecule has 1 heterocycles. The van der Waals surface area contributed by atoms with Crippen molar-refractivity contribution in [3.8, 4) is 0 Å². The Morgan fingerprint density at radius 3 is 2.64 bits per heavy atom. The second kappa shape index (κ2) is 8.72. The summed E-state index contributed by atoms with van der Waals surface area (Å²) in [6, 6.07) is 14.2. The number of ether oxygens (including phenoxy) is 1. The molecule has 0 bridgehead atoms. The average molecular weight is 436 g/mol. The number of esters is 1. The summed E-state index contributed by atoms with van der Waals surface area (Å²) in [5.41, 5.74) is 1.96. The lowest BCUT2D eigenvalue weighted by Gasteiger charge is -2.08. The molecule has 2 aromatic carbocycles. The van der Waals surface area contributed by atoms with Crippen molar-refractivity contribution in [2.75, 3.05) is 11.8 Å². The third-order valence-electron chi connectivity index (χ3n) is 3.76. The van der Waals surface area contributed by atoms with Crippen LogP contribution in [0.3, 0.4) is 0 Å². The van der Waals surface area contributed by atoms with Crippen molar-refractivity contribution in [2.45, 2.75) is 21.9 Å². The maximum absolute atomic E-state index is 12.6. The van der Waals surface area contributed by atoms with E-state index in [2.05, 4.69) is 14.9 Å². The highest BCUT2D eigenvalue weighted by Crippen LogP contribution is 2.29. The number of benzene rings is 2. The van der Waals surface area contributed by atoms with Crippen molar-refractivity contribution in [3.63, 3.8) is 0 Å². The molecular weight excluding hydrogens is 418 g/mol. The van der Waals surface area contributed by atoms with Gasteiger partial charge in [0, 0.05) is 5.75 Å².